The molecule has 2 aromatic rings. The molecule has 0 saturated heterocycles. The number of methoxy groups -OCH3 is 1. The lowest BCUT2D eigenvalue weighted by Gasteiger charge is -2.11. The highest BCUT2D eigenvalue weighted by molar-refractivity contribution is 7.80. The summed E-state index contributed by atoms with van der Waals surface area (Å²) in [7, 11) is 1.57. The third-order valence-electron chi connectivity index (χ3n) is 2.95. The molecule has 3 N–H and O–H groups in total. The molecule has 0 amide bonds. The van der Waals surface area contributed by atoms with Crippen LogP contribution in [0, 0.1) is 11.6 Å². The highest BCUT2D eigenvalue weighted by Crippen LogP contribution is 2.22. The number of ether oxygens (including phenoxy) is 1. The Kier molecular flexibility index (Phi) is 4.70. The smallest absolute Gasteiger partial charge is 0.150 e. The molecule has 0 saturated carbocycles. The minimum Gasteiger partial charge on any atom is -0.497 e. The first-order valence-corrected chi connectivity index (χ1v) is 6.57. The first-order valence-electron chi connectivity index (χ1n) is 6.17. The first-order chi connectivity index (χ1) is 10.0. The standard InChI is InChI=1S/C15H14F2N2OS/c1-20-11-4-2-9(3-5-11)8-19-14-12(16)6-10(15(18)21)7-13(14)17/h2-7,19H,8H2,1H3,(H2,18,21). The maximum absolute atomic E-state index is 13.9. The third-order valence-corrected chi connectivity index (χ3v) is 3.19. The van der Waals surface area contributed by atoms with Gasteiger partial charge in [-0.05, 0) is 29.8 Å². The van der Waals surface area contributed by atoms with Crippen molar-refractivity contribution in [1.29, 1.82) is 0 Å². The summed E-state index contributed by atoms with van der Waals surface area (Å²) >= 11 is 4.70. The molecule has 0 aliphatic heterocycles. The Balaban J connectivity index is 2.14. The van der Waals surface area contributed by atoms with Crippen LogP contribution in [0.2, 0.25) is 0 Å². The van der Waals surface area contributed by atoms with Crippen LogP contribution in [0.5, 0.6) is 5.75 Å². The predicted octanol–water partition coefficient (Wildman–Crippen LogP) is 3.22. The lowest BCUT2D eigenvalue weighted by molar-refractivity contribution is 0.414. The van der Waals surface area contributed by atoms with E-state index in [1.54, 1.807) is 19.2 Å². The molecule has 2 aromatic carbocycles. The molecule has 0 bridgehead atoms. The second-order valence-electron chi connectivity index (χ2n) is 4.38. The van der Waals surface area contributed by atoms with Crippen molar-refractivity contribution in [1.82, 2.24) is 0 Å². The number of halogens is 2. The molecule has 110 valence electrons. The van der Waals surface area contributed by atoms with E-state index in [0.29, 0.717) is 0 Å². The lowest BCUT2D eigenvalue weighted by Crippen LogP contribution is -2.12. The van der Waals surface area contributed by atoms with E-state index in [4.69, 9.17) is 22.7 Å². The Morgan fingerprint density at radius 1 is 1.19 bits per heavy atom. The summed E-state index contributed by atoms with van der Waals surface area (Å²) in [5.41, 5.74) is 6.19. The fourth-order valence-corrected chi connectivity index (χ4v) is 1.94. The van der Waals surface area contributed by atoms with Crippen molar-refractivity contribution < 1.29 is 13.5 Å². The average molecular weight is 308 g/mol. The monoisotopic (exact) mass is 308 g/mol. The number of rotatable bonds is 5. The summed E-state index contributed by atoms with van der Waals surface area (Å²) in [6.07, 6.45) is 0. The zero-order valence-electron chi connectivity index (χ0n) is 11.3. The van der Waals surface area contributed by atoms with Gasteiger partial charge in [0.1, 0.15) is 28.1 Å². The zero-order chi connectivity index (χ0) is 15.4. The van der Waals surface area contributed by atoms with E-state index in [1.807, 2.05) is 12.1 Å². The number of nitrogens with two attached hydrogens (primary N) is 1. The van der Waals surface area contributed by atoms with Crippen molar-refractivity contribution in [2.75, 3.05) is 12.4 Å². The number of nitrogens with one attached hydrogen (secondary N) is 1. The molecule has 3 nitrogen and oxygen atoms in total. The molecule has 0 heterocycles. The molecule has 0 radical (unpaired) electrons. The summed E-state index contributed by atoms with van der Waals surface area (Å²) in [6, 6.07) is 9.40. The van der Waals surface area contributed by atoms with Crippen LogP contribution >= 0.6 is 12.2 Å². The largest absolute Gasteiger partial charge is 0.497 e. The fraction of sp³-hybridized carbons (Fsp3) is 0.133. The Bertz CT molecular complexity index is 636. The van der Waals surface area contributed by atoms with Crippen molar-refractivity contribution >= 4 is 22.9 Å². The molecule has 21 heavy (non-hydrogen) atoms. The van der Waals surface area contributed by atoms with E-state index < -0.39 is 11.6 Å². The molecule has 0 unspecified atom stereocenters. The Morgan fingerprint density at radius 2 is 1.76 bits per heavy atom. The molecule has 0 atom stereocenters. The van der Waals surface area contributed by atoms with E-state index in [0.717, 1.165) is 23.4 Å². The van der Waals surface area contributed by atoms with Gasteiger partial charge in [-0.1, -0.05) is 24.4 Å². The first kappa shape index (κ1) is 15.2. The van der Waals surface area contributed by atoms with E-state index in [1.165, 1.54) is 0 Å². The minimum atomic E-state index is -0.730. The van der Waals surface area contributed by atoms with Crippen LogP contribution in [0.1, 0.15) is 11.1 Å². The number of hydrogen-bond acceptors (Lipinski definition) is 3. The van der Waals surface area contributed by atoms with Gasteiger partial charge in [0, 0.05) is 12.1 Å². The van der Waals surface area contributed by atoms with Crippen LogP contribution in [0.15, 0.2) is 36.4 Å². The van der Waals surface area contributed by atoms with Crippen LogP contribution in [0.25, 0.3) is 0 Å². The summed E-state index contributed by atoms with van der Waals surface area (Å²) in [5.74, 6) is -0.741. The van der Waals surface area contributed by atoms with Gasteiger partial charge in [0.15, 0.2) is 0 Å². The van der Waals surface area contributed by atoms with E-state index in [2.05, 4.69) is 5.32 Å². The van der Waals surface area contributed by atoms with Gasteiger partial charge in [-0.15, -0.1) is 0 Å². The van der Waals surface area contributed by atoms with Crippen molar-refractivity contribution in [2.45, 2.75) is 6.54 Å². The van der Waals surface area contributed by atoms with Gasteiger partial charge in [0.05, 0.1) is 7.11 Å². The summed E-state index contributed by atoms with van der Waals surface area (Å²) in [6.45, 7) is 0.282. The van der Waals surface area contributed by atoms with Gasteiger partial charge in [0.25, 0.3) is 0 Å². The van der Waals surface area contributed by atoms with Crippen LogP contribution in [-0.2, 0) is 6.54 Å². The molecule has 0 aromatic heterocycles. The Morgan fingerprint density at radius 3 is 2.24 bits per heavy atom. The van der Waals surface area contributed by atoms with Crippen LogP contribution in [0.4, 0.5) is 14.5 Å². The van der Waals surface area contributed by atoms with Gasteiger partial charge < -0.3 is 15.8 Å². The van der Waals surface area contributed by atoms with Gasteiger partial charge >= 0.3 is 0 Å². The molecule has 2 rings (SSSR count). The summed E-state index contributed by atoms with van der Waals surface area (Å²) in [5, 5.41) is 2.73. The number of benzene rings is 2. The van der Waals surface area contributed by atoms with Crippen molar-refractivity contribution in [3.63, 3.8) is 0 Å². The van der Waals surface area contributed by atoms with Crippen molar-refractivity contribution in [2.24, 2.45) is 5.73 Å². The predicted molar refractivity (Wildman–Crippen MR) is 82.6 cm³/mol. The Hall–Kier alpha value is -2.21. The van der Waals surface area contributed by atoms with Crippen LogP contribution in [-0.4, -0.2) is 12.1 Å². The molecular formula is C15H14F2N2OS. The van der Waals surface area contributed by atoms with Crippen LogP contribution < -0.4 is 15.8 Å². The normalized spacial score (nSPS) is 10.2. The zero-order valence-corrected chi connectivity index (χ0v) is 12.1. The minimum absolute atomic E-state index is 0.0468. The molecule has 0 aliphatic carbocycles. The van der Waals surface area contributed by atoms with E-state index in [9.17, 15) is 8.78 Å². The van der Waals surface area contributed by atoms with E-state index in [-0.39, 0.29) is 22.8 Å². The maximum atomic E-state index is 13.9. The van der Waals surface area contributed by atoms with Gasteiger partial charge in [-0.25, -0.2) is 8.78 Å². The maximum Gasteiger partial charge on any atom is 0.150 e. The van der Waals surface area contributed by atoms with Crippen molar-refractivity contribution in [3.05, 3.63) is 59.2 Å². The number of thiocarbonyl (C=S) groups is 1. The second kappa shape index (κ2) is 6.49. The fourth-order valence-electron chi connectivity index (χ4n) is 1.82. The lowest BCUT2D eigenvalue weighted by atomic mass is 10.1. The highest BCUT2D eigenvalue weighted by Gasteiger charge is 2.12. The van der Waals surface area contributed by atoms with Gasteiger partial charge in [0.2, 0.25) is 0 Å². The topological polar surface area (TPSA) is 47.3 Å². The van der Waals surface area contributed by atoms with Crippen LogP contribution in [0.3, 0.4) is 0 Å². The molecule has 0 aliphatic rings. The molecule has 0 fully saturated rings. The second-order valence-corrected chi connectivity index (χ2v) is 4.82. The molecule has 6 heteroatoms. The van der Waals surface area contributed by atoms with Gasteiger partial charge in [-0.3, -0.25) is 0 Å². The van der Waals surface area contributed by atoms with E-state index >= 15 is 0 Å². The SMILES string of the molecule is COc1ccc(CNc2c(F)cc(C(N)=S)cc2F)cc1. The Labute approximate surface area is 126 Å². The summed E-state index contributed by atoms with van der Waals surface area (Å²) < 4.78 is 32.8. The number of hydrogen-bond donors (Lipinski definition) is 2. The third kappa shape index (κ3) is 3.66. The number of anilines is 1. The summed E-state index contributed by atoms with van der Waals surface area (Å²) in [4.78, 5) is -0.0468. The average Bonchev–Trinajstić information content (AvgIpc) is 2.46. The molecular weight excluding hydrogens is 294 g/mol. The molecule has 0 spiro atoms. The highest BCUT2D eigenvalue weighted by atomic mass is 32.1. The van der Waals surface area contributed by atoms with Crippen molar-refractivity contribution in [3.8, 4) is 5.75 Å². The quantitative estimate of drug-likeness (QED) is 0.833. The van der Waals surface area contributed by atoms with Gasteiger partial charge in [-0.2, -0.15) is 0 Å².